The molecule has 0 amide bonds. The Labute approximate surface area is 238 Å². The first-order valence-corrected chi connectivity index (χ1v) is 12.9. The van der Waals surface area contributed by atoms with Gasteiger partial charge in [0.2, 0.25) is 12.5 Å². The van der Waals surface area contributed by atoms with Crippen molar-refractivity contribution in [1.82, 2.24) is 4.90 Å². The summed E-state index contributed by atoms with van der Waals surface area (Å²) in [6.07, 6.45) is 0.859. The summed E-state index contributed by atoms with van der Waals surface area (Å²) in [5.41, 5.74) is 3.41. The van der Waals surface area contributed by atoms with E-state index in [1.165, 1.54) is 5.56 Å². The highest BCUT2D eigenvalue weighted by Gasteiger charge is 2.18. The molecule has 1 heterocycles. The number of carbonyl (C=O) groups is 2. The molecule has 3 aromatic rings. The van der Waals surface area contributed by atoms with Crippen LogP contribution in [0, 0.1) is 0 Å². The molecule has 1 aliphatic heterocycles. The van der Waals surface area contributed by atoms with Crippen LogP contribution in [-0.4, -0.2) is 68.3 Å². The normalized spacial score (nSPS) is 11.3. The molecule has 41 heavy (non-hydrogen) atoms. The highest BCUT2D eigenvalue weighted by molar-refractivity contribution is 6.27. The third kappa shape index (κ3) is 8.67. The van der Waals surface area contributed by atoms with Gasteiger partial charge in [0.25, 0.3) is 0 Å². The zero-order valence-corrected chi connectivity index (χ0v) is 23.5. The van der Waals surface area contributed by atoms with Gasteiger partial charge < -0.3 is 38.6 Å². The Morgan fingerprint density at radius 1 is 0.805 bits per heavy atom. The van der Waals surface area contributed by atoms with Crippen molar-refractivity contribution >= 4 is 11.9 Å². The summed E-state index contributed by atoms with van der Waals surface area (Å²) in [5, 5.41) is 14.8. The van der Waals surface area contributed by atoms with Gasteiger partial charge in [-0.25, -0.2) is 9.59 Å². The van der Waals surface area contributed by atoms with Gasteiger partial charge in [0.15, 0.2) is 23.0 Å². The first-order chi connectivity index (χ1) is 19.8. The van der Waals surface area contributed by atoms with Gasteiger partial charge in [-0.2, -0.15) is 0 Å². The van der Waals surface area contributed by atoms with Gasteiger partial charge in [-0.3, -0.25) is 4.90 Å². The summed E-state index contributed by atoms with van der Waals surface area (Å²) >= 11 is 0. The number of fused-ring (bicyclic) bond motifs is 1. The molecule has 11 nitrogen and oxygen atoms in total. The SMILES string of the molecule is CCOc1ccccc1CN(CCc1ccc2c(c1)OCO2)Cc1cc(OC)c(OC)c(OC)c1.O=C(O)C(=O)O. The minimum atomic E-state index is -1.82. The van der Waals surface area contributed by atoms with Crippen molar-refractivity contribution in [2.24, 2.45) is 0 Å². The summed E-state index contributed by atoms with van der Waals surface area (Å²) in [6, 6.07) is 18.3. The molecule has 0 unspecified atom stereocenters. The largest absolute Gasteiger partial charge is 0.494 e. The van der Waals surface area contributed by atoms with Crippen molar-refractivity contribution < 1.29 is 48.2 Å². The van der Waals surface area contributed by atoms with Crippen molar-refractivity contribution in [2.75, 3.05) is 41.3 Å². The molecule has 0 atom stereocenters. The predicted molar refractivity (Wildman–Crippen MR) is 149 cm³/mol. The van der Waals surface area contributed by atoms with Crippen molar-refractivity contribution in [3.05, 3.63) is 71.3 Å². The van der Waals surface area contributed by atoms with Crippen LogP contribution in [0.4, 0.5) is 0 Å². The third-order valence-corrected chi connectivity index (χ3v) is 6.13. The van der Waals surface area contributed by atoms with E-state index < -0.39 is 11.9 Å². The number of hydrogen-bond donors (Lipinski definition) is 2. The standard InChI is InChI=1S/C28H33NO6.C2H2O4/c1-5-33-23-9-7-6-8-22(23)18-29(13-12-20-10-11-24-25(14-20)35-19-34-24)17-21-15-26(30-2)28(32-4)27(16-21)31-3;3-1(4)2(5)6/h6-11,14-16H,5,12-13,17-19H2,1-4H3;(H,3,4)(H,5,6). The average Bonchev–Trinajstić information content (AvgIpc) is 3.45. The van der Waals surface area contributed by atoms with E-state index in [2.05, 4.69) is 23.1 Å². The lowest BCUT2D eigenvalue weighted by Gasteiger charge is -2.25. The van der Waals surface area contributed by atoms with E-state index in [1.807, 2.05) is 43.3 Å². The van der Waals surface area contributed by atoms with Crippen LogP contribution in [0.25, 0.3) is 0 Å². The second-order valence-corrected chi connectivity index (χ2v) is 8.83. The lowest BCUT2D eigenvalue weighted by Crippen LogP contribution is -2.26. The summed E-state index contributed by atoms with van der Waals surface area (Å²) in [5.74, 6) is 0.749. The van der Waals surface area contributed by atoms with Crippen molar-refractivity contribution in [2.45, 2.75) is 26.4 Å². The maximum Gasteiger partial charge on any atom is 0.414 e. The van der Waals surface area contributed by atoms with E-state index in [1.54, 1.807) is 21.3 Å². The van der Waals surface area contributed by atoms with E-state index in [0.717, 1.165) is 47.9 Å². The monoisotopic (exact) mass is 569 g/mol. The molecule has 0 saturated heterocycles. The molecule has 1 aliphatic rings. The molecule has 0 aromatic heterocycles. The van der Waals surface area contributed by atoms with Gasteiger partial charge in [-0.05, 0) is 54.8 Å². The van der Waals surface area contributed by atoms with Crippen LogP contribution in [-0.2, 0) is 29.1 Å². The van der Waals surface area contributed by atoms with Crippen LogP contribution in [0.3, 0.4) is 0 Å². The second kappa shape index (κ2) is 15.2. The van der Waals surface area contributed by atoms with Crippen molar-refractivity contribution in [3.63, 3.8) is 0 Å². The van der Waals surface area contributed by atoms with E-state index in [9.17, 15) is 0 Å². The number of nitrogens with zero attached hydrogens (tertiary/aromatic N) is 1. The number of aliphatic carboxylic acids is 2. The zero-order chi connectivity index (χ0) is 29.8. The molecule has 3 aromatic carbocycles. The lowest BCUT2D eigenvalue weighted by atomic mass is 10.1. The highest BCUT2D eigenvalue weighted by atomic mass is 16.7. The quantitative estimate of drug-likeness (QED) is 0.304. The Kier molecular flexibility index (Phi) is 11.5. The molecule has 0 spiro atoms. The maximum absolute atomic E-state index is 9.10. The zero-order valence-electron chi connectivity index (χ0n) is 23.5. The van der Waals surface area contributed by atoms with Gasteiger partial charge in [0.05, 0.1) is 27.9 Å². The summed E-state index contributed by atoms with van der Waals surface area (Å²) in [4.78, 5) is 20.6. The Morgan fingerprint density at radius 2 is 1.46 bits per heavy atom. The highest BCUT2D eigenvalue weighted by Crippen LogP contribution is 2.39. The van der Waals surface area contributed by atoms with E-state index in [0.29, 0.717) is 30.4 Å². The van der Waals surface area contributed by atoms with Crippen molar-refractivity contribution in [1.29, 1.82) is 0 Å². The molecule has 0 fully saturated rings. The molecular formula is C30H35NO10. The van der Waals surface area contributed by atoms with Crippen LogP contribution in [0.2, 0.25) is 0 Å². The maximum atomic E-state index is 9.10. The molecule has 220 valence electrons. The number of ether oxygens (including phenoxy) is 6. The molecule has 2 N–H and O–H groups in total. The average molecular weight is 570 g/mol. The molecule has 0 saturated carbocycles. The number of methoxy groups -OCH3 is 3. The fourth-order valence-corrected chi connectivity index (χ4v) is 4.25. The minimum absolute atomic E-state index is 0.278. The smallest absolute Gasteiger partial charge is 0.414 e. The summed E-state index contributed by atoms with van der Waals surface area (Å²) in [6.45, 7) is 5.17. The number of para-hydroxylation sites is 1. The first-order valence-electron chi connectivity index (χ1n) is 12.9. The molecule has 4 rings (SSSR count). The van der Waals surface area contributed by atoms with E-state index in [4.69, 9.17) is 48.2 Å². The topological polar surface area (TPSA) is 133 Å². The van der Waals surface area contributed by atoms with Crippen LogP contribution < -0.4 is 28.4 Å². The summed E-state index contributed by atoms with van der Waals surface area (Å²) in [7, 11) is 4.88. The van der Waals surface area contributed by atoms with Crippen LogP contribution >= 0.6 is 0 Å². The minimum Gasteiger partial charge on any atom is -0.494 e. The number of hydrogen-bond acceptors (Lipinski definition) is 9. The second-order valence-electron chi connectivity index (χ2n) is 8.83. The Bertz CT molecular complexity index is 1290. The van der Waals surface area contributed by atoms with Gasteiger partial charge in [0, 0.05) is 25.2 Å². The predicted octanol–water partition coefficient (Wildman–Crippen LogP) is 4.24. The van der Waals surface area contributed by atoms with Crippen LogP contribution in [0.1, 0.15) is 23.6 Å². The molecule has 11 heteroatoms. The van der Waals surface area contributed by atoms with Crippen LogP contribution in [0.5, 0.6) is 34.5 Å². The number of rotatable bonds is 12. The molecule has 0 aliphatic carbocycles. The fraction of sp³-hybridized carbons (Fsp3) is 0.333. The van der Waals surface area contributed by atoms with Crippen molar-refractivity contribution in [3.8, 4) is 34.5 Å². The van der Waals surface area contributed by atoms with Gasteiger partial charge >= 0.3 is 11.9 Å². The van der Waals surface area contributed by atoms with Crippen LogP contribution in [0.15, 0.2) is 54.6 Å². The molecular weight excluding hydrogens is 534 g/mol. The van der Waals surface area contributed by atoms with E-state index in [-0.39, 0.29) is 6.79 Å². The Hall–Kier alpha value is -4.64. The lowest BCUT2D eigenvalue weighted by molar-refractivity contribution is -0.159. The first kappa shape index (κ1) is 30.9. The number of carboxylic acid groups (broad SMARTS) is 2. The fourth-order valence-electron chi connectivity index (χ4n) is 4.25. The number of benzene rings is 3. The Balaban J connectivity index is 0.000000696. The van der Waals surface area contributed by atoms with Gasteiger partial charge in [0.1, 0.15) is 5.75 Å². The third-order valence-electron chi connectivity index (χ3n) is 6.13. The summed E-state index contributed by atoms with van der Waals surface area (Å²) < 4.78 is 33.5. The van der Waals surface area contributed by atoms with Gasteiger partial charge in [-0.1, -0.05) is 24.3 Å². The molecule has 0 radical (unpaired) electrons. The Morgan fingerprint density at radius 3 is 2.07 bits per heavy atom. The van der Waals surface area contributed by atoms with Gasteiger partial charge in [-0.15, -0.1) is 0 Å². The molecule has 0 bridgehead atoms. The van der Waals surface area contributed by atoms with E-state index >= 15 is 0 Å². The number of carboxylic acids is 2.